The lowest BCUT2D eigenvalue weighted by molar-refractivity contribution is -0.172. The molecule has 0 radical (unpaired) electrons. The van der Waals surface area contributed by atoms with Gasteiger partial charge in [-0.1, -0.05) is 19.9 Å². The Balaban J connectivity index is 2.19. The highest BCUT2D eigenvalue weighted by atomic mass is 32.2. The maximum Gasteiger partial charge on any atom is 0.267 e. The van der Waals surface area contributed by atoms with Gasteiger partial charge in [-0.05, 0) is 52.7 Å². The monoisotopic (exact) mass is 407 g/mol. The van der Waals surface area contributed by atoms with Gasteiger partial charge in [0.1, 0.15) is 5.75 Å². The summed E-state index contributed by atoms with van der Waals surface area (Å²) in [4.78, 5) is 21.2. The van der Waals surface area contributed by atoms with Gasteiger partial charge in [-0.15, -0.1) is 0 Å². The van der Waals surface area contributed by atoms with Crippen LogP contribution < -0.4 is 10.2 Å². The zero-order chi connectivity index (χ0) is 20.6. The van der Waals surface area contributed by atoms with E-state index in [9.17, 15) is 13.2 Å². The first-order valence-electron chi connectivity index (χ1n) is 8.84. The number of pyridine rings is 1. The van der Waals surface area contributed by atoms with Crippen LogP contribution in [0.25, 0.3) is 0 Å². The molecule has 0 spiro atoms. The normalized spacial score (nSPS) is 11.6. The number of nitrogens with one attached hydrogen (secondary N) is 1. The van der Waals surface area contributed by atoms with E-state index in [1.165, 1.54) is 37.6 Å². The van der Waals surface area contributed by atoms with Crippen LogP contribution in [0.3, 0.4) is 0 Å². The number of amides is 1. The fraction of sp³-hybridized carbons (Fsp3) is 0.368. The molecule has 1 aromatic carbocycles. The van der Waals surface area contributed by atoms with Crippen molar-refractivity contribution in [3.63, 3.8) is 0 Å². The Hall–Kier alpha value is -2.49. The molecule has 0 saturated heterocycles. The highest BCUT2D eigenvalue weighted by molar-refractivity contribution is 7.89. The molecule has 28 heavy (non-hydrogen) atoms. The van der Waals surface area contributed by atoms with Crippen molar-refractivity contribution < 1.29 is 22.9 Å². The molecular formula is C19H25N3O5S. The van der Waals surface area contributed by atoms with Gasteiger partial charge in [-0.2, -0.15) is 4.94 Å². The molecule has 2 aromatic rings. The number of methoxy groups -OCH3 is 1. The van der Waals surface area contributed by atoms with E-state index in [2.05, 4.69) is 10.5 Å². The Kier molecular flexibility index (Phi) is 7.91. The molecule has 0 bridgehead atoms. The average Bonchev–Trinajstić information content (AvgIpc) is 2.70. The maximum atomic E-state index is 13.0. The predicted octanol–water partition coefficient (Wildman–Crippen LogP) is 2.68. The summed E-state index contributed by atoms with van der Waals surface area (Å²) < 4.78 is 31.8. The van der Waals surface area contributed by atoms with Crippen molar-refractivity contribution in [3.8, 4) is 5.75 Å². The van der Waals surface area contributed by atoms with Crippen LogP contribution in [-0.2, 0) is 26.3 Å². The second-order valence-electron chi connectivity index (χ2n) is 6.55. The summed E-state index contributed by atoms with van der Waals surface area (Å²) in [5.41, 5.74) is 2.83. The molecule has 8 nitrogen and oxygen atoms in total. The van der Waals surface area contributed by atoms with Gasteiger partial charge >= 0.3 is 0 Å². The number of nitrogens with zero attached hydrogens (tertiary/aromatic N) is 2. The third-order valence-corrected chi connectivity index (χ3v) is 5.48. The molecule has 0 aliphatic carbocycles. The second kappa shape index (κ2) is 10.2. The number of sulfonamides is 1. The smallest absolute Gasteiger partial charge is 0.267 e. The largest absolute Gasteiger partial charge is 0.497 e. The van der Waals surface area contributed by atoms with Gasteiger partial charge in [0, 0.05) is 18.8 Å². The first-order valence-corrected chi connectivity index (χ1v) is 10.3. The van der Waals surface area contributed by atoms with Crippen LogP contribution in [0.4, 0.5) is 0 Å². The number of hydrogen-bond donors (Lipinski definition) is 1. The number of hydroxylamine groups is 2. The molecule has 0 saturated carbocycles. The van der Waals surface area contributed by atoms with E-state index in [0.717, 1.165) is 4.47 Å². The number of benzene rings is 1. The number of ether oxygens (including phenoxy) is 1. The Bertz CT molecular complexity index is 855. The van der Waals surface area contributed by atoms with Gasteiger partial charge in [-0.25, -0.2) is 13.9 Å². The minimum Gasteiger partial charge on any atom is -0.497 e. The van der Waals surface area contributed by atoms with Crippen molar-refractivity contribution in [2.75, 3.05) is 7.11 Å². The Morgan fingerprint density at radius 1 is 1.21 bits per heavy atom. The number of rotatable bonds is 10. The molecule has 1 amide bonds. The van der Waals surface area contributed by atoms with Crippen molar-refractivity contribution in [3.05, 3.63) is 54.4 Å². The Labute approximate surface area is 165 Å². The van der Waals surface area contributed by atoms with E-state index in [0.29, 0.717) is 23.7 Å². The Morgan fingerprint density at radius 2 is 1.93 bits per heavy atom. The molecule has 2 rings (SSSR count). The molecule has 9 heteroatoms. The third kappa shape index (κ3) is 6.29. The number of aromatic nitrogens is 1. The summed E-state index contributed by atoms with van der Waals surface area (Å²) >= 11 is 0. The Morgan fingerprint density at radius 3 is 2.50 bits per heavy atom. The molecule has 152 valence electrons. The molecule has 1 aromatic heterocycles. The molecule has 1 heterocycles. The fourth-order valence-electron chi connectivity index (χ4n) is 2.24. The van der Waals surface area contributed by atoms with Crippen LogP contribution >= 0.6 is 0 Å². The number of hydrogen-bond acceptors (Lipinski definition) is 6. The van der Waals surface area contributed by atoms with Gasteiger partial charge in [0.05, 0.1) is 18.6 Å². The zero-order valence-electron chi connectivity index (χ0n) is 16.2. The van der Waals surface area contributed by atoms with Crippen LogP contribution in [0.15, 0.2) is 53.7 Å². The molecule has 1 N–H and O–H groups in total. The van der Waals surface area contributed by atoms with Crippen LogP contribution in [0.2, 0.25) is 0 Å². The second-order valence-corrected chi connectivity index (χ2v) is 8.38. The minimum atomic E-state index is -4.04. The summed E-state index contributed by atoms with van der Waals surface area (Å²) in [6.07, 6.45) is 4.02. The van der Waals surface area contributed by atoms with Crippen LogP contribution in [0.5, 0.6) is 5.75 Å². The molecule has 0 aliphatic rings. The zero-order valence-corrected chi connectivity index (χ0v) is 17.0. The molecule has 0 atom stereocenters. The third-order valence-electron chi connectivity index (χ3n) is 3.87. The van der Waals surface area contributed by atoms with Crippen LogP contribution in [-0.4, -0.2) is 30.9 Å². The maximum absolute atomic E-state index is 13.0. The average molecular weight is 407 g/mol. The van der Waals surface area contributed by atoms with E-state index in [4.69, 9.17) is 9.68 Å². The summed E-state index contributed by atoms with van der Waals surface area (Å²) in [5, 5.41) is 0. The predicted molar refractivity (Wildman–Crippen MR) is 103 cm³/mol. The topological polar surface area (TPSA) is 97.8 Å². The van der Waals surface area contributed by atoms with Crippen molar-refractivity contribution in [1.29, 1.82) is 0 Å². The number of carbonyl (C=O) groups excluding carboxylic acids is 1. The quantitative estimate of drug-likeness (QED) is 0.608. The van der Waals surface area contributed by atoms with Gasteiger partial charge in [-0.3, -0.25) is 9.78 Å². The highest BCUT2D eigenvalue weighted by Crippen LogP contribution is 2.21. The first-order chi connectivity index (χ1) is 13.3. The molecule has 0 aliphatic heterocycles. The van der Waals surface area contributed by atoms with Gasteiger partial charge < -0.3 is 4.74 Å². The standard InChI is InChI=1S/C19H25N3O5S/c1-15(2)6-11-19(23)21-27-22(14-16-5-4-12-20-13-16)28(24,25)18-9-7-17(26-3)8-10-18/h4-5,7-10,12-13,15H,6,11,14H2,1-3H3,(H,21,23). The van der Waals surface area contributed by atoms with Crippen molar-refractivity contribution in [2.45, 2.75) is 38.1 Å². The van der Waals surface area contributed by atoms with E-state index in [1.807, 2.05) is 13.8 Å². The van der Waals surface area contributed by atoms with E-state index >= 15 is 0 Å². The van der Waals surface area contributed by atoms with E-state index < -0.39 is 15.9 Å². The van der Waals surface area contributed by atoms with Gasteiger partial charge in [0.25, 0.3) is 10.0 Å². The molecule has 0 fully saturated rings. The molecule has 0 unspecified atom stereocenters. The van der Waals surface area contributed by atoms with Gasteiger partial charge in [0.15, 0.2) is 0 Å². The summed E-state index contributed by atoms with van der Waals surface area (Å²) in [5.74, 6) is 0.482. The molecular weight excluding hydrogens is 382 g/mol. The summed E-state index contributed by atoms with van der Waals surface area (Å²) in [7, 11) is -2.54. The van der Waals surface area contributed by atoms with Crippen LogP contribution in [0, 0.1) is 5.92 Å². The highest BCUT2D eigenvalue weighted by Gasteiger charge is 2.27. The van der Waals surface area contributed by atoms with Gasteiger partial charge in [0.2, 0.25) is 5.91 Å². The van der Waals surface area contributed by atoms with E-state index in [-0.39, 0.29) is 17.9 Å². The number of carbonyl (C=O) groups is 1. The summed E-state index contributed by atoms with van der Waals surface area (Å²) in [6.45, 7) is 3.88. The summed E-state index contributed by atoms with van der Waals surface area (Å²) in [6, 6.07) is 9.30. The van der Waals surface area contributed by atoms with Crippen molar-refractivity contribution in [2.24, 2.45) is 5.92 Å². The first kappa shape index (κ1) is 21.8. The fourth-order valence-corrected chi connectivity index (χ4v) is 3.41. The van der Waals surface area contributed by atoms with Crippen LogP contribution in [0.1, 0.15) is 32.3 Å². The van der Waals surface area contributed by atoms with Crippen molar-refractivity contribution in [1.82, 2.24) is 14.9 Å². The minimum absolute atomic E-state index is 0.00798. The van der Waals surface area contributed by atoms with Crippen molar-refractivity contribution >= 4 is 15.9 Å². The SMILES string of the molecule is COc1ccc(S(=O)(=O)N(Cc2cccnc2)ONC(=O)CCC(C)C)cc1. The lowest BCUT2D eigenvalue weighted by atomic mass is 10.1. The van der Waals surface area contributed by atoms with E-state index in [1.54, 1.807) is 18.3 Å². The lowest BCUT2D eigenvalue weighted by Crippen LogP contribution is -2.38. The lowest BCUT2D eigenvalue weighted by Gasteiger charge is -2.21.